The molecule has 2 atom stereocenters. The van der Waals surface area contributed by atoms with Crippen LogP contribution in [-0.4, -0.2) is 29.6 Å². The molecule has 130 valence electrons. The topological polar surface area (TPSA) is 75.6 Å². The molecule has 1 aromatic carbocycles. The number of ether oxygens (including phenoxy) is 1. The van der Waals surface area contributed by atoms with Crippen molar-refractivity contribution >= 4 is 11.9 Å². The van der Waals surface area contributed by atoms with Gasteiger partial charge in [0.05, 0.1) is 7.11 Å². The number of rotatable bonds is 5. The molecule has 0 spiro atoms. The van der Waals surface area contributed by atoms with Crippen molar-refractivity contribution in [1.29, 1.82) is 0 Å². The quantitative estimate of drug-likeness (QED) is 0.870. The predicted molar refractivity (Wildman–Crippen MR) is 90.0 cm³/mol. The Kier molecular flexibility index (Phi) is 4.52. The van der Waals surface area contributed by atoms with Gasteiger partial charge in [-0.25, -0.2) is 4.79 Å². The van der Waals surface area contributed by atoms with Gasteiger partial charge in [0.1, 0.15) is 11.3 Å². The second kappa shape index (κ2) is 6.46. The Balaban J connectivity index is 1.66. The molecular formula is C19H25NO4. The first-order chi connectivity index (χ1) is 11.4. The number of carbonyl (C=O) groups is 2. The molecule has 2 aliphatic rings. The highest BCUT2D eigenvalue weighted by Gasteiger charge is 2.49. The van der Waals surface area contributed by atoms with Gasteiger partial charge in [-0.15, -0.1) is 0 Å². The van der Waals surface area contributed by atoms with Crippen LogP contribution in [0.4, 0.5) is 0 Å². The minimum atomic E-state index is -1.08. The Morgan fingerprint density at radius 1 is 1.29 bits per heavy atom. The monoisotopic (exact) mass is 331 g/mol. The van der Waals surface area contributed by atoms with Gasteiger partial charge in [0.15, 0.2) is 0 Å². The maximum Gasteiger partial charge on any atom is 0.329 e. The zero-order valence-electron chi connectivity index (χ0n) is 14.2. The van der Waals surface area contributed by atoms with Crippen molar-refractivity contribution < 1.29 is 19.4 Å². The van der Waals surface area contributed by atoms with Crippen LogP contribution in [-0.2, 0) is 9.59 Å². The van der Waals surface area contributed by atoms with Crippen molar-refractivity contribution in [3.8, 4) is 5.75 Å². The second-order valence-corrected chi connectivity index (χ2v) is 7.28. The summed E-state index contributed by atoms with van der Waals surface area (Å²) in [4.78, 5) is 24.4. The summed E-state index contributed by atoms with van der Waals surface area (Å²) in [6.07, 6.45) is 3.50. The number of hydrogen-bond acceptors (Lipinski definition) is 3. The van der Waals surface area contributed by atoms with Crippen LogP contribution < -0.4 is 10.1 Å². The number of nitrogens with one attached hydrogen (secondary N) is 1. The van der Waals surface area contributed by atoms with Gasteiger partial charge in [-0.05, 0) is 61.6 Å². The summed E-state index contributed by atoms with van der Waals surface area (Å²) >= 11 is 0. The number of methoxy groups -OCH3 is 1. The minimum Gasteiger partial charge on any atom is -0.497 e. The third-order valence-corrected chi connectivity index (χ3v) is 5.55. The number of hydrogen-bond donors (Lipinski definition) is 2. The summed E-state index contributed by atoms with van der Waals surface area (Å²) in [5.41, 5.74) is 0.00150. The van der Waals surface area contributed by atoms with Crippen molar-refractivity contribution in [2.75, 3.05) is 7.11 Å². The maximum absolute atomic E-state index is 12.6. The van der Waals surface area contributed by atoms with Gasteiger partial charge in [0, 0.05) is 5.92 Å². The van der Waals surface area contributed by atoms with Crippen LogP contribution in [0.15, 0.2) is 24.3 Å². The number of carboxylic acids is 1. The van der Waals surface area contributed by atoms with Crippen LogP contribution in [0.2, 0.25) is 0 Å². The Morgan fingerprint density at radius 3 is 2.62 bits per heavy atom. The molecule has 2 fully saturated rings. The first-order valence-corrected chi connectivity index (χ1v) is 8.64. The third kappa shape index (κ3) is 3.25. The molecule has 2 N–H and O–H groups in total. The average Bonchev–Trinajstić information content (AvgIpc) is 3.38. The van der Waals surface area contributed by atoms with Crippen molar-refractivity contribution in [3.63, 3.8) is 0 Å². The Hall–Kier alpha value is -2.04. The van der Waals surface area contributed by atoms with Gasteiger partial charge in [-0.1, -0.05) is 19.1 Å². The summed E-state index contributed by atoms with van der Waals surface area (Å²) in [6, 6.07) is 7.75. The largest absolute Gasteiger partial charge is 0.497 e. The standard InChI is InChI=1S/C19H25NO4/c1-12-6-8-19(9-7-12,18(22)23)20-17(21)16-11-15(16)13-4-3-5-14(10-13)24-2/h3-5,10,12,15-16H,6-9,11H2,1-2H3,(H,20,21)(H,22,23). The van der Waals surface area contributed by atoms with E-state index in [1.807, 2.05) is 24.3 Å². The van der Waals surface area contributed by atoms with Crippen LogP contribution >= 0.6 is 0 Å². The molecule has 0 saturated heterocycles. The number of carbonyl (C=O) groups excluding carboxylic acids is 1. The fourth-order valence-electron chi connectivity index (χ4n) is 3.70. The van der Waals surface area contributed by atoms with E-state index in [9.17, 15) is 14.7 Å². The molecule has 5 nitrogen and oxygen atoms in total. The van der Waals surface area contributed by atoms with Crippen molar-refractivity contribution in [2.24, 2.45) is 11.8 Å². The van der Waals surface area contributed by atoms with E-state index < -0.39 is 11.5 Å². The Morgan fingerprint density at radius 2 is 2.00 bits per heavy atom. The molecule has 0 heterocycles. The van der Waals surface area contributed by atoms with E-state index in [0.717, 1.165) is 30.6 Å². The summed E-state index contributed by atoms with van der Waals surface area (Å²) in [5.74, 6) is 0.309. The molecule has 1 aromatic rings. The van der Waals surface area contributed by atoms with Crippen LogP contribution in [0, 0.1) is 11.8 Å². The van der Waals surface area contributed by atoms with E-state index in [0.29, 0.717) is 18.8 Å². The average molecular weight is 331 g/mol. The van der Waals surface area contributed by atoms with E-state index in [1.54, 1.807) is 7.11 Å². The second-order valence-electron chi connectivity index (χ2n) is 7.28. The van der Waals surface area contributed by atoms with E-state index in [2.05, 4.69) is 12.2 Å². The summed E-state index contributed by atoms with van der Waals surface area (Å²) in [7, 11) is 1.62. The molecule has 2 saturated carbocycles. The zero-order chi connectivity index (χ0) is 17.3. The fraction of sp³-hybridized carbons (Fsp3) is 0.579. The molecule has 1 amide bonds. The lowest BCUT2D eigenvalue weighted by atomic mass is 9.77. The van der Waals surface area contributed by atoms with Crippen LogP contribution in [0.3, 0.4) is 0 Å². The molecule has 3 rings (SSSR count). The molecule has 0 aliphatic heterocycles. The van der Waals surface area contributed by atoms with E-state index in [1.165, 1.54) is 0 Å². The first-order valence-electron chi connectivity index (χ1n) is 8.64. The molecule has 5 heteroatoms. The van der Waals surface area contributed by atoms with Crippen molar-refractivity contribution in [1.82, 2.24) is 5.32 Å². The zero-order valence-corrected chi connectivity index (χ0v) is 14.2. The van der Waals surface area contributed by atoms with E-state index in [-0.39, 0.29) is 17.7 Å². The van der Waals surface area contributed by atoms with Gasteiger partial charge < -0.3 is 15.2 Å². The highest BCUT2D eigenvalue weighted by atomic mass is 16.5. The van der Waals surface area contributed by atoms with Crippen LogP contribution in [0.5, 0.6) is 5.75 Å². The summed E-state index contributed by atoms with van der Waals surface area (Å²) in [6.45, 7) is 2.13. The molecule has 0 aromatic heterocycles. The Labute approximate surface area is 142 Å². The van der Waals surface area contributed by atoms with E-state index in [4.69, 9.17) is 4.74 Å². The van der Waals surface area contributed by atoms with Crippen LogP contribution in [0.1, 0.15) is 50.5 Å². The fourth-order valence-corrected chi connectivity index (χ4v) is 3.70. The van der Waals surface area contributed by atoms with Crippen LogP contribution in [0.25, 0.3) is 0 Å². The van der Waals surface area contributed by atoms with Gasteiger partial charge in [0.2, 0.25) is 5.91 Å². The molecule has 2 unspecified atom stereocenters. The molecule has 24 heavy (non-hydrogen) atoms. The third-order valence-electron chi connectivity index (χ3n) is 5.55. The summed E-state index contributed by atoms with van der Waals surface area (Å²) < 4.78 is 5.23. The van der Waals surface area contributed by atoms with Gasteiger partial charge in [0.25, 0.3) is 0 Å². The number of amides is 1. The molecule has 0 radical (unpaired) electrons. The van der Waals surface area contributed by atoms with Crippen molar-refractivity contribution in [2.45, 2.75) is 50.5 Å². The van der Waals surface area contributed by atoms with Crippen molar-refractivity contribution in [3.05, 3.63) is 29.8 Å². The van der Waals surface area contributed by atoms with Gasteiger partial charge in [-0.2, -0.15) is 0 Å². The minimum absolute atomic E-state index is 0.125. The lowest BCUT2D eigenvalue weighted by molar-refractivity contribution is -0.150. The molecular weight excluding hydrogens is 306 g/mol. The number of aliphatic carboxylic acids is 1. The normalized spacial score (nSPS) is 32.0. The highest BCUT2D eigenvalue weighted by molar-refractivity contribution is 5.90. The number of carboxylic acid groups (broad SMARTS) is 1. The number of benzene rings is 1. The molecule has 2 aliphatic carbocycles. The highest BCUT2D eigenvalue weighted by Crippen LogP contribution is 2.48. The SMILES string of the molecule is COc1cccc(C2CC2C(=O)NC2(C(=O)O)CCC(C)CC2)c1. The Bertz CT molecular complexity index is 634. The smallest absolute Gasteiger partial charge is 0.329 e. The lowest BCUT2D eigenvalue weighted by Crippen LogP contribution is -2.56. The molecule has 0 bridgehead atoms. The lowest BCUT2D eigenvalue weighted by Gasteiger charge is -2.36. The van der Waals surface area contributed by atoms with Gasteiger partial charge in [-0.3, -0.25) is 4.79 Å². The van der Waals surface area contributed by atoms with Gasteiger partial charge >= 0.3 is 5.97 Å². The maximum atomic E-state index is 12.6. The first kappa shape index (κ1) is 16.8. The summed E-state index contributed by atoms with van der Waals surface area (Å²) in [5, 5.41) is 12.5. The predicted octanol–water partition coefficient (Wildman–Crippen LogP) is 2.95. The van der Waals surface area contributed by atoms with E-state index >= 15 is 0 Å².